The average Bonchev–Trinajstić information content (AvgIpc) is 2.85. The van der Waals surface area contributed by atoms with E-state index in [1.54, 1.807) is 25.3 Å². The van der Waals surface area contributed by atoms with Crippen LogP contribution in [-0.2, 0) is 4.74 Å². The van der Waals surface area contributed by atoms with Crippen molar-refractivity contribution in [2.75, 3.05) is 20.5 Å². The van der Waals surface area contributed by atoms with Crippen LogP contribution in [0.3, 0.4) is 0 Å². The van der Waals surface area contributed by atoms with E-state index in [4.69, 9.17) is 14.2 Å². The van der Waals surface area contributed by atoms with Crippen molar-refractivity contribution in [3.63, 3.8) is 0 Å². The molecule has 0 aliphatic carbocycles. The summed E-state index contributed by atoms with van der Waals surface area (Å²) in [6, 6.07) is 5.21. The number of benzene rings is 1. The van der Waals surface area contributed by atoms with E-state index >= 15 is 0 Å². The lowest BCUT2D eigenvalue weighted by Gasteiger charge is -2.19. The molecule has 1 aromatic rings. The summed E-state index contributed by atoms with van der Waals surface area (Å²) >= 11 is 0. The van der Waals surface area contributed by atoms with Crippen LogP contribution in [-0.4, -0.2) is 32.5 Å². The maximum Gasteiger partial charge on any atom is 0.251 e. The summed E-state index contributed by atoms with van der Waals surface area (Å²) < 4.78 is 15.7. The minimum absolute atomic E-state index is 0.0120. The highest BCUT2D eigenvalue weighted by molar-refractivity contribution is 5.95. The standard InChI is InChI=1S/C15H21NO4/c1-10(2)6-12(8-18-3)16-15(17)11-4-5-13-14(7-11)20-9-19-13/h4-5,7,10,12H,6,8-9H2,1-3H3,(H,16,17)/t12-/m1/s1. The van der Waals surface area contributed by atoms with Gasteiger partial charge in [0.05, 0.1) is 12.6 Å². The second-order valence-corrected chi connectivity index (χ2v) is 5.32. The van der Waals surface area contributed by atoms with Crippen LogP contribution >= 0.6 is 0 Å². The lowest BCUT2D eigenvalue weighted by atomic mass is 10.0. The summed E-state index contributed by atoms with van der Waals surface area (Å²) in [6.07, 6.45) is 0.879. The lowest BCUT2D eigenvalue weighted by molar-refractivity contribution is 0.0884. The van der Waals surface area contributed by atoms with Crippen LogP contribution in [0.5, 0.6) is 11.5 Å². The Morgan fingerprint density at radius 2 is 2.10 bits per heavy atom. The molecule has 5 nitrogen and oxygen atoms in total. The Hall–Kier alpha value is -1.75. The van der Waals surface area contributed by atoms with Crippen LogP contribution in [0.4, 0.5) is 0 Å². The lowest BCUT2D eigenvalue weighted by Crippen LogP contribution is -2.38. The van der Waals surface area contributed by atoms with E-state index in [9.17, 15) is 4.79 Å². The second kappa shape index (κ2) is 6.61. The summed E-state index contributed by atoms with van der Waals surface area (Å²) in [5.41, 5.74) is 0.569. The van der Waals surface area contributed by atoms with Crippen molar-refractivity contribution in [2.24, 2.45) is 5.92 Å². The van der Waals surface area contributed by atoms with Crippen LogP contribution in [0, 0.1) is 5.92 Å². The van der Waals surface area contributed by atoms with E-state index in [2.05, 4.69) is 19.2 Å². The van der Waals surface area contributed by atoms with Gasteiger partial charge in [-0.15, -0.1) is 0 Å². The monoisotopic (exact) mass is 279 g/mol. The molecular formula is C15H21NO4. The number of hydrogen-bond donors (Lipinski definition) is 1. The number of nitrogens with one attached hydrogen (secondary N) is 1. The molecule has 110 valence electrons. The van der Waals surface area contributed by atoms with E-state index in [-0.39, 0.29) is 18.7 Å². The molecule has 1 amide bonds. The first-order valence-corrected chi connectivity index (χ1v) is 6.79. The van der Waals surface area contributed by atoms with Gasteiger partial charge < -0.3 is 19.5 Å². The fraction of sp³-hybridized carbons (Fsp3) is 0.533. The Kier molecular flexibility index (Phi) is 4.84. The van der Waals surface area contributed by atoms with Crippen LogP contribution < -0.4 is 14.8 Å². The molecule has 20 heavy (non-hydrogen) atoms. The van der Waals surface area contributed by atoms with E-state index in [1.165, 1.54) is 0 Å². The summed E-state index contributed by atoms with van der Waals surface area (Å²) in [6.45, 7) is 4.96. The SMILES string of the molecule is COC[C@@H](CC(C)C)NC(=O)c1ccc2c(c1)OCO2. The number of carbonyl (C=O) groups excluding carboxylic acids is 1. The van der Waals surface area contributed by atoms with Crippen LogP contribution in [0.2, 0.25) is 0 Å². The van der Waals surface area contributed by atoms with Crippen molar-refractivity contribution in [2.45, 2.75) is 26.3 Å². The molecule has 1 aliphatic rings. The molecule has 1 aliphatic heterocycles. The summed E-state index contributed by atoms with van der Waals surface area (Å²) in [5.74, 6) is 1.67. The molecule has 0 fully saturated rings. The molecule has 1 heterocycles. The van der Waals surface area contributed by atoms with E-state index in [0.717, 1.165) is 6.42 Å². The largest absolute Gasteiger partial charge is 0.454 e. The van der Waals surface area contributed by atoms with Crippen molar-refractivity contribution in [3.8, 4) is 11.5 Å². The number of amides is 1. The summed E-state index contributed by atoms with van der Waals surface area (Å²) in [5, 5.41) is 3.00. The van der Waals surface area contributed by atoms with Gasteiger partial charge in [0.25, 0.3) is 5.91 Å². The third kappa shape index (κ3) is 3.63. The topological polar surface area (TPSA) is 56.8 Å². The maximum absolute atomic E-state index is 12.2. The van der Waals surface area contributed by atoms with E-state index in [0.29, 0.717) is 29.6 Å². The molecule has 0 bridgehead atoms. The van der Waals surface area contributed by atoms with Gasteiger partial charge in [-0.05, 0) is 30.5 Å². The van der Waals surface area contributed by atoms with Gasteiger partial charge in [-0.1, -0.05) is 13.8 Å². The van der Waals surface area contributed by atoms with Gasteiger partial charge >= 0.3 is 0 Å². The third-order valence-corrected chi connectivity index (χ3v) is 3.09. The van der Waals surface area contributed by atoms with Gasteiger partial charge in [0.1, 0.15) is 0 Å². The first-order chi connectivity index (χ1) is 9.60. The van der Waals surface area contributed by atoms with Gasteiger partial charge in [0.15, 0.2) is 11.5 Å². The molecule has 2 rings (SSSR count). The molecule has 0 saturated heterocycles. The summed E-state index contributed by atoms with van der Waals surface area (Å²) in [4.78, 5) is 12.2. The highest BCUT2D eigenvalue weighted by atomic mass is 16.7. The van der Waals surface area contributed by atoms with Crippen LogP contribution in [0.1, 0.15) is 30.6 Å². The van der Waals surface area contributed by atoms with Gasteiger partial charge in [-0.2, -0.15) is 0 Å². The maximum atomic E-state index is 12.2. The van der Waals surface area contributed by atoms with E-state index in [1.807, 2.05) is 0 Å². The van der Waals surface area contributed by atoms with Gasteiger partial charge in [-0.25, -0.2) is 0 Å². The third-order valence-electron chi connectivity index (χ3n) is 3.09. The normalized spacial score (nSPS) is 14.4. The minimum atomic E-state index is -0.119. The van der Waals surface area contributed by atoms with Crippen molar-refractivity contribution in [1.29, 1.82) is 0 Å². The smallest absolute Gasteiger partial charge is 0.251 e. The molecule has 1 atom stereocenters. The molecule has 5 heteroatoms. The fourth-order valence-corrected chi connectivity index (χ4v) is 2.25. The average molecular weight is 279 g/mol. The predicted octanol–water partition coefficient (Wildman–Crippen LogP) is 2.21. The zero-order valence-electron chi connectivity index (χ0n) is 12.1. The molecule has 0 aromatic heterocycles. The minimum Gasteiger partial charge on any atom is -0.454 e. The van der Waals surface area contributed by atoms with Gasteiger partial charge in [-0.3, -0.25) is 4.79 Å². The number of rotatable bonds is 6. The number of carbonyl (C=O) groups is 1. The predicted molar refractivity (Wildman–Crippen MR) is 75.2 cm³/mol. The van der Waals surface area contributed by atoms with Crippen LogP contribution in [0.25, 0.3) is 0 Å². The molecule has 0 spiro atoms. The van der Waals surface area contributed by atoms with Crippen molar-refractivity contribution in [1.82, 2.24) is 5.32 Å². The Balaban J connectivity index is 2.02. The number of hydrogen-bond acceptors (Lipinski definition) is 4. The molecule has 1 aromatic carbocycles. The van der Waals surface area contributed by atoms with Gasteiger partial charge in [0, 0.05) is 12.7 Å². The summed E-state index contributed by atoms with van der Waals surface area (Å²) in [7, 11) is 1.64. The van der Waals surface area contributed by atoms with Gasteiger partial charge in [0.2, 0.25) is 6.79 Å². The number of ether oxygens (including phenoxy) is 3. The van der Waals surface area contributed by atoms with Crippen molar-refractivity contribution < 1.29 is 19.0 Å². The molecule has 0 saturated carbocycles. The first kappa shape index (κ1) is 14.7. The zero-order chi connectivity index (χ0) is 14.5. The fourth-order valence-electron chi connectivity index (χ4n) is 2.25. The Labute approximate surface area is 119 Å². The quantitative estimate of drug-likeness (QED) is 0.867. The second-order valence-electron chi connectivity index (χ2n) is 5.32. The molecule has 1 N–H and O–H groups in total. The first-order valence-electron chi connectivity index (χ1n) is 6.79. The molecule has 0 radical (unpaired) electrons. The van der Waals surface area contributed by atoms with Crippen molar-refractivity contribution >= 4 is 5.91 Å². The number of fused-ring (bicyclic) bond motifs is 1. The highest BCUT2D eigenvalue weighted by Gasteiger charge is 2.19. The Bertz CT molecular complexity index is 473. The Morgan fingerprint density at radius 3 is 2.80 bits per heavy atom. The highest BCUT2D eigenvalue weighted by Crippen LogP contribution is 2.32. The zero-order valence-corrected chi connectivity index (χ0v) is 12.1. The van der Waals surface area contributed by atoms with Crippen LogP contribution in [0.15, 0.2) is 18.2 Å². The van der Waals surface area contributed by atoms with Crippen molar-refractivity contribution in [3.05, 3.63) is 23.8 Å². The number of methoxy groups -OCH3 is 1. The Morgan fingerprint density at radius 1 is 1.35 bits per heavy atom. The van der Waals surface area contributed by atoms with E-state index < -0.39 is 0 Å². The molecule has 0 unspecified atom stereocenters. The molecular weight excluding hydrogens is 258 g/mol.